The molecule has 6 rings (SSSR count). The number of hydrogen-bond donors (Lipinski definition) is 1. The number of anilines is 3. The molecule has 1 saturated heterocycles. The summed E-state index contributed by atoms with van der Waals surface area (Å²) >= 11 is 0. The minimum absolute atomic E-state index is 0.374. The molecule has 3 aliphatic heterocycles. The molecule has 1 N–H and O–H groups in total. The molecule has 6 nitrogen and oxygen atoms in total. The van der Waals surface area contributed by atoms with Gasteiger partial charge in [-0.15, -0.1) is 0 Å². The van der Waals surface area contributed by atoms with Crippen LogP contribution < -0.4 is 15.1 Å². The maximum atomic E-state index is 5.11. The van der Waals surface area contributed by atoms with Gasteiger partial charge in [0.25, 0.3) is 0 Å². The molecule has 0 spiro atoms. The van der Waals surface area contributed by atoms with Crippen molar-refractivity contribution in [1.82, 2.24) is 15.0 Å². The summed E-state index contributed by atoms with van der Waals surface area (Å²) < 4.78 is 0. The number of nitrogens with one attached hydrogen (secondary N) is 1. The molecule has 0 atom stereocenters. The van der Waals surface area contributed by atoms with Gasteiger partial charge in [-0.05, 0) is 62.1 Å². The minimum atomic E-state index is 0.374. The predicted molar refractivity (Wildman–Crippen MR) is 122 cm³/mol. The number of rotatable bonds is 4. The third kappa shape index (κ3) is 3.38. The van der Waals surface area contributed by atoms with Crippen LogP contribution >= 0.6 is 0 Å². The lowest BCUT2D eigenvalue weighted by atomic mass is 10.1. The maximum Gasteiger partial charge on any atom is 0.158 e. The van der Waals surface area contributed by atoms with Gasteiger partial charge in [-0.1, -0.05) is 6.58 Å². The van der Waals surface area contributed by atoms with Gasteiger partial charge in [-0.3, -0.25) is 9.97 Å². The van der Waals surface area contributed by atoms with Crippen molar-refractivity contribution >= 4 is 17.2 Å². The summed E-state index contributed by atoms with van der Waals surface area (Å²) in [6.45, 7) is 10.6. The van der Waals surface area contributed by atoms with Gasteiger partial charge in [0, 0.05) is 43.3 Å². The number of fused-ring (bicyclic) bond motifs is 2. The summed E-state index contributed by atoms with van der Waals surface area (Å²) in [7, 11) is 0. The first-order valence-electron chi connectivity index (χ1n) is 10.4. The van der Waals surface area contributed by atoms with Crippen molar-refractivity contribution < 1.29 is 0 Å². The summed E-state index contributed by atoms with van der Waals surface area (Å²) in [5, 5.41) is 3.47. The SMILES string of the molecule is C=C(Nc1cncc(C)c1)N1c2nc(-c3cncc(C)c3)ccc2N2CCC1CC2. The van der Waals surface area contributed by atoms with Crippen LogP contribution in [-0.2, 0) is 0 Å². The van der Waals surface area contributed by atoms with Gasteiger partial charge >= 0.3 is 0 Å². The Morgan fingerprint density at radius 1 is 1.00 bits per heavy atom. The van der Waals surface area contributed by atoms with Crippen molar-refractivity contribution in [3.05, 3.63) is 72.6 Å². The van der Waals surface area contributed by atoms with Crippen molar-refractivity contribution in [3.8, 4) is 11.3 Å². The van der Waals surface area contributed by atoms with E-state index in [9.17, 15) is 0 Å². The first-order chi connectivity index (χ1) is 14.6. The molecule has 3 aromatic rings. The van der Waals surface area contributed by atoms with E-state index < -0.39 is 0 Å². The monoisotopic (exact) mass is 398 g/mol. The number of aromatic nitrogens is 3. The molecular weight excluding hydrogens is 372 g/mol. The molecule has 0 radical (unpaired) electrons. The zero-order chi connectivity index (χ0) is 20.7. The van der Waals surface area contributed by atoms with Gasteiger partial charge in [0.05, 0.1) is 23.3 Å². The largest absolute Gasteiger partial charge is 0.368 e. The Bertz CT molecular complexity index is 1100. The van der Waals surface area contributed by atoms with Crippen LogP contribution in [0, 0.1) is 13.8 Å². The van der Waals surface area contributed by atoms with Gasteiger partial charge in [0.15, 0.2) is 5.82 Å². The van der Waals surface area contributed by atoms with Gasteiger partial charge in [-0.2, -0.15) is 0 Å². The molecule has 2 bridgehead atoms. The van der Waals surface area contributed by atoms with Crippen LogP contribution in [-0.4, -0.2) is 34.1 Å². The van der Waals surface area contributed by atoms with Crippen LogP contribution in [0.1, 0.15) is 24.0 Å². The molecule has 6 heteroatoms. The Morgan fingerprint density at radius 2 is 1.73 bits per heavy atom. The average Bonchev–Trinajstić information content (AvgIpc) is 2.99. The highest BCUT2D eigenvalue weighted by Crippen LogP contribution is 2.40. The third-order valence-corrected chi connectivity index (χ3v) is 5.88. The van der Waals surface area contributed by atoms with Crippen LogP contribution in [0.2, 0.25) is 0 Å². The molecule has 0 aliphatic carbocycles. The van der Waals surface area contributed by atoms with Crippen LogP contribution in [0.5, 0.6) is 0 Å². The molecule has 0 unspecified atom stereocenters. The van der Waals surface area contributed by atoms with E-state index in [0.717, 1.165) is 65.6 Å². The highest BCUT2D eigenvalue weighted by Gasteiger charge is 2.35. The summed E-state index contributed by atoms with van der Waals surface area (Å²) in [6.07, 6.45) is 9.61. The molecule has 0 aromatic carbocycles. The Morgan fingerprint density at radius 3 is 2.47 bits per heavy atom. The van der Waals surface area contributed by atoms with E-state index in [2.05, 4.69) is 62.9 Å². The van der Waals surface area contributed by atoms with Crippen molar-refractivity contribution in [3.63, 3.8) is 0 Å². The van der Waals surface area contributed by atoms with Crippen LogP contribution in [0.25, 0.3) is 11.3 Å². The lowest BCUT2D eigenvalue weighted by molar-refractivity contribution is 0.500. The molecule has 0 saturated carbocycles. The highest BCUT2D eigenvalue weighted by atomic mass is 15.4. The first-order valence-corrected chi connectivity index (χ1v) is 10.4. The van der Waals surface area contributed by atoms with E-state index in [1.54, 1.807) is 0 Å². The molecule has 6 heterocycles. The van der Waals surface area contributed by atoms with E-state index in [-0.39, 0.29) is 0 Å². The lowest BCUT2D eigenvalue weighted by Gasteiger charge is -2.34. The summed E-state index contributed by atoms with van der Waals surface area (Å²) in [5.41, 5.74) is 6.32. The Kier molecular flexibility index (Phi) is 4.62. The number of aryl methyl sites for hydroxylation is 2. The molecule has 152 valence electrons. The number of piperidine rings is 1. The van der Waals surface area contributed by atoms with Gasteiger partial charge in [0.1, 0.15) is 5.82 Å². The van der Waals surface area contributed by atoms with Crippen molar-refractivity contribution in [2.75, 3.05) is 28.2 Å². The molecule has 30 heavy (non-hydrogen) atoms. The van der Waals surface area contributed by atoms with Crippen LogP contribution in [0.15, 0.2) is 61.5 Å². The number of pyridine rings is 3. The van der Waals surface area contributed by atoms with Gasteiger partial charge < -0.3 is 15.1 Å². The van der Waals surface area contributed by atoms with E-state index in [1.165, 1.54) is 5.69 Å². The van der Waals surface area contributed by atoms with E-state index in [1.807, 2.05) is 31.7 Å². The molecule has 0 amide bonds. The standard InChI is InChI=1S/C24H26N6/c1-16-10-19(14-25-12-16)22-4-5-23-24(28-22)30(21-6-8-29(23)9-7-21)18(3)27-20-11-17(2)13-26-15-20/h4-5,10-15,21,27H,3,6-9H2,1-2H3. The third-order valence-electron chi connectivity index (χ3n) is 5.88. The second kappa shape index (κ2) is 7.44. The number of hydrogen-bond acceptors (Lipinski definition) is 6. The highest BCUT2D eigenvalue weighted by molar-refractivity contribution is 5.76. The predicted octanol–water partition coefficient (Wildman–Crippen LogP) is 4.53. The maximum absolute atomic E-state index is 5.11. The fourth-order valence-corrected chi connectivity index (χ4v) is 4.46. The zero-order valence-electron chi connectivity index (χ0n) is 17.5. The average molecular weight is 399 g/mol. The van der Waals surface area contributed by atoms with Crippen molar-refractivity contribution in [2.24, 2.45) is 0 Å². The fourth-order valence-electron chi connectivity index (χ4n) is 4.46. The Balaban J connectivity index is 1.56. The smallest absolute Gasteiger partial charge is 0.158 e. The quantitative estimate of drug-likeness (QED) is 0.697. The van der Waals surface area contributed by atoms with E-state index in [4.69, 9.17) is 4.98 Å². The van der Waals surface area contributed by atoms with E-state index >= 15 is 0 Å². The Hall–Kier alpha value is -3.41. The Labute approximate surface area is 177 Å². The van der Waals surface area contributed by atoms with Crippen molar-refractivity contribution in [1.29, 1.82) is 0 Å². The molecular formula is C24H26N6. The first kappa shape index (κ1) is 18.6. The topological polar surface area (TPSA) is 57.2 Å². The van der Waals surface area contributed by atoms with Crippen LogP contribution in [0.3, 0.4) is 0 Å². The second-order valence-electron chi connectivity index (χ2n) is 8.20. The molecule has 1 fully saturated rings. The summed E-state index contributed by atoms with van der Waals surface area (Å²) in [4.78, 5) is 18.5. The molecule has 3 aliphatic rings. The van der Waals surface area contributed by atoms with E-state index in [0.29, 0.717) is 6.04 Å². The minimum Gasteiger partial charge on any atom is -0.368 e. The van der Waals surface area contributed by atoms with Crippen molar-refractivity contribution in [2.45, 2.75) is 32.7 Å². The molecule has 3 aromatic heterocycles. The zero-order valence-corrected chi connectivity index (χ0v) is 17.5. The van der Waals surface area contributed by atoms with Gasteiger partial charge in [0.2, 0.25) is 0 Å². The number of nitrogens with zero attached hydrogens (tertiary/aromatic N) is 5. The lowest BCUT2D eigenvalue weighted by Crippen LogP contribution is -2.41. The summed E-state index contributed by atoms with van der Waals surface area (Å²) in [6, 6.07) is 8.89. The normalized spacial score (nSPS) is 15.7. The summed E-state index contributed by atoms with van der Waals surface area (Å²) in [5.74, 6) is 1.80. The van der Waals surface area contributed by atoms with Gasteiger partial charge in [-0.25, -0.2) is 4.98 Å². The fraction of sp³-hybridized carbons (Fsp3) is 0.292. The van der Waals surface area contributed by atoms with Crippen LogP contribution in [0.4, 0.5) is 17.2 Å². The second-order valence-corrected chi connectivity index (χ2v) is 8.20.